The quantitative estimate of drug-likeness (QED) is 0.339. The van der Waals surface area contributed by atoms with E-state index in [1.54, 1.807) is 7.11 Å². The number of nitrogens with zero attached hydrogens (tertiary/aromatic N) is 1. The third-order valence-electron chi connectivity index (χ3n) is 8.00. The topological polar surface area (TPSA) is 76.7 Å². The zero-order chi connectivity index (χ0) is 21.5. The number of benzene rings is 1. The monoisotopic (exact) mass is 419 g/mol. The summed E-state index contributed by atoms with van der Waals surface area (Å²) >= 11 is 0. The highest BCUT2D eigenvalue weighted by Crippen LogP contribution is 2.59. The first-order valence-electron chi connectivity index (χ1n) is 11.8. The molecule has 1 aromatic rings. The number of methoxy groups -OCH3 is 1. The number of aliphatic imine (C=N–C) groups is 1. The van der Waals surface area contributed by atoms with Gasteiger partial charge >= 0.3 is 0 Å². The van der Waals surface area contributed by atoms with Crippen LogP contribution in [0.3, 0.4) is 0 Å². The molecule has 4 aliphatic rings. The van der Waals surface area contributed by atoms with E-state index in [1.807, 2.05) is 0 Å². The minimum Gasteiger partial charge on any atom is -0.381 e. The highest BCUT2D eigenvalue weighted by molar-refractivity contribution is 5.84. The highest BCUT2D eigenvalue weighted by Gasteiger charge is 2.59. The van der Waals surface area contributed by atoms with Crippen molar-refractivity contribution in [3.8, 4) is 11.8 Å². The maximum Gasteiger partial charge on any atom is 0.190 e. The number of carbonyl (C=O) groups is 1. The molecule has 3 fully saturated rings. The van der Waals surface area contributed by atoms with Crippen LogP contribution >= 0.6 is 0 Å². The van der Waals surface area contributed by atoms with Crippen LogP contribution in [0.15, 0.2) is 23.2 Å². The van der Waals surface area contributed by atoms with Crippen molar-refractivity contribution >= 4 is 12.2 Å². The van der Waals surface area contributed by atoms with Gasteiger partial charge in [0.05, 0.1) is 6.10 Å². The van der Waals surface area contributed by atoms with Gasteiger partial charge in [-0.25, -0.2) is 4.99 Å². The first-order valence-corrected chi connectivity index (χ1v) is 11.8. The smallest absolute Gasteiger partial charge is 0.190 e. The van der Waals surface area contributed by atoms with E-state index in [9.17, 15) is 4.79 Å². The van der Waals surface area contributed by atoms with E-state index in [0.29, 0.717) is 17.9 Å². The summed E-state index contributed by atoms with van der Waals surface area (Å²) in [5, 5.41) is 3.35. The van der Waals surface area contributed by atoms with Gasteiger partial charge in [0.1, 0.15) is 0 Å². The Morgan fingerprint density at radius 3 is 2.61 bits per heavy atom. The Labute approximate surface area is 185 Å². The molecule has 1 atom stereocenters. The molecular weight excluding hydrogens is 386 g/mol. The molecule has 31 heavy (non-hydrogen) atoms. The molecule has 5 rings (SSSR count). The van der Waals surface area contributed by atoms with E-state index in [0.717, 1.165) is 62.4 Å². The van der Waals surface area contributed by atoms with Gasteiger partial charge in [-0.3, -0.25) is 0 Å². The lowest BCUT2D eigenvalue weighted by Gasteiger charge is -2.45. The van der Waals surface area contributed by atoms with E-state index >= 15 is 0 Å². The number of fused-ring (bicyclic) bond motifs is 1. The molecule has 0 saturated heterocycles. The van der Waals surface area contributed by atoms with Crippen molar-refractivity contribution < 1.29 is 9.53 Å². The van der Waals surface area contributed by atoms with Crippen LogP contribution in [-0.2, 0) is 21.5 Å². The Morgan fingerprint density at radius 1 is 1.23 bits per heavy atom. The predicted molar refractivity (Wildman–Crippen MR) is 122 cm³/mol. The molecule has 3 saturated carbocycles. The van der Waals surface area contributed by atoms with Crippen molar-refractivity contribution in [2.75, 3.05) is 7.11 Å². The molecule has 0 aliphatic heterocycles. The number of guanidine groups is 1. The molecule has 5 nitrogen and oxygen atoms in total. The summed E-state index contributed by atoms with van der Waals surface area (Å²) in [4.78, 5) is 17.9. The van der Waals surface area contributed by atoms with E-state index in [2.05, 4.69) is 35.4 Å². The summed E-state index contributed by atoms with van der Waals surface area (Å²) in [6.07, 6.45) is 11.7. The molecule has 0 radical (unpaired) electrons. The second-order valence-corrected chi connectivity index (χ2v) is 9.96. The highest BCUT2D eigenvalue weighted by atomic mass is 16.5. The second kappa shape index (κ2) is 7.98. The van der Waals surface area contributed by atoms with Gasteiger partial charge in [0.25, 0.3) is 0 Å². The lowest BCUT2D eigenvalue weighted by Crippen LogP contribution is -2.50. The maximum atomic E-state index is 13.0. The normalized spacial score (nSPS) is 32.7. The molecule has 3 N–H and O–H groups in total. The molecule has 164 valence electrons. The summed E-state index contributed by atoms with van der Waals surface area (Å²) in [6.45, 7) is 0. The number of nitrogens with two attached hydrogens (primary N) is 1. The van der Waals surface area contributed by atoms with Gasteiger partial charge in [-0.1, -0.05) is 17.9 Å². The van der Waals surface area contributed by atoms with E-state index in [-0.39, 0.29) is 11.5 Å². The van der Waals surface area contributed by atoms with Crippen LogP contribution in [0.1, 0.15) is 74.5 Å². The Hall–Kier alpha value is -2.32. The third kappa shape index (κ3) is 3.65. The van der Waals surface area contributed by atoms with Crippen LogP contribution < -0.4 is 11.1 Å². The van der Waals surface area contributed by atoms with E-state index in [1.165, 1.54) is 24.8 Å². The Kier molecular flexibility index (Phi) is 5.30. The summed E-state index contributed by atoms with van der Waals surface area (Å²) in [5.74, 6) is 7.61. The second-order valence-electron chi connectivity index (χ2n) is 9.96. The van der Waals surface area contributed by atoms with Gasteiger partial charge in [0, 0.05) is 30.0 Å². The van der Waals surface area contributed by atoms with Gasteiger partial charge < -0.3 is 20.6 Å². The van der Waals surface area contributed by atoms with Crippen molar-refractivity contribution in [3.05, 3.63) is 34.9 Å². The van der Waals surface area contributed by atoms with Gasteiger partial charge in [-0.05, 0) is 87.5 Å². The fraction of sp³-hybridized carbons (Fsp3) is 0.615. The van der Waals surface area contributed by atoms with Gasteiger partial charge in [-0.2, -0.15) is 0 Å². The van der Waals surface area contributed by atoms with Crippen molar-refractivity contribution in [2.24, 2.45) is 22.1 Å². The minimum atomic E-state index is -0.959. The Balaban J connectivity index is 1.56. The first-order chi connectivity index (χ1) is 15.1. The average molecular weight is 420 g/mol. The maximum absolute atomic E-state index is 13.0. The lowest BCUT2D eigenvalue weighted by molar-refractivity contribution is -0.118. The Bertz CT molecular complexity index is 943. The summed E-state index contributed by atoms with van der Waals surface area (Å²) < 4.78 is 5.63. The van der Waals surface area contributed by atoms with Crippen molar-refractivity contribution in [3.63, 3.8) is 0 Å². The summed E-state index contributed by atoms with van der Waals surface area (Å²) in [5.41, 5.74) is 8.37. The number of rotatable bonds is 4. The number of hydrogen-bond donors (Lipinski definition) is 2. The van der Waals surface area contributed by atoms with Crippen molar-refractivity contribution in [2.45, 2.75) is 81.9 Å². The van der Waals surface area contributed by atoms with Crippen LogP contribution in [0.4, 0.5) is 0 Å². The SMILES string of the molecule is COC1CCC2(CC1)Cc1ccc(C#CC3CC3)cc1C2(C=O)/N=C(/N)NC1CCC1. The zero-order valence-corrected chi connectivity index (χ0v) is 18.5. The third-order valence-corrected chi connectivity index (χ3v) is 8.00. The zero-order valence-electron chi connectivity index (χ0n) is 18.5. The lowest BCUT2D eigenvalue weighted by atomic mass is 9.62. The standard InChI is InChI=1S/C26H33N3O2/c1-31-22-11-13-25(14-12-22)16-20-10-9-19(8-7-18-5-6-18)15-23(20)26(25,17-30)29-24(27)28-21-3-2-4-21/h9-10,15,17-18,21-22H,2-6,11-14,16H2,1H3,(H3,27,28,29). The molecule has 1 unspecified atom stereocenters. The summed E-state index contributed by atoms with van der Waals surface area (Å²) in [6, 6.07) is 6.75. The largest absolute Gasteiger partial charge is 0.381 e. The fourth-order valence-electron chi connectivity index (χ4n) is 5.68. The molecule has 0 amide bonds. The van der Waals surface area contributed by atoms with Crippen LogP contribution in [0, 0.1) is 23.2 Å². The van der Waals surface area contributed by atoms with Gasteiger partial charge in [0.2, 0.25) is 0 Å². The molecule has 0 heterocycles. The number of ether oxygens (including phenoxy) is 1. The van der Waals surface area contributed by atoms with Crippen molar-refractivity contribution in [1.82, 2.24) is 5.32 Å². The summed E-state index contributed by atoms with van der Waals surface area (Å²) in [7, 11) is 1.78. The minimum absolute atomic E-state index is 0.249. The Morgan fingerprint density at radius 2 is 2.00 bits per heavy atom. The number of nitrogens with one attached hydrogen (secondary N) is 1. The molecule has 0 bridgehead atoms. The molecule has 1 aromatic carbocycles. The van der Waals surface area contributed by atoms with Crippen LogP contribution in [0.2, 0.25) is 0 Å². The van der Waals surface area contributed by atoms with Crippen LogP contribution in [0.5, 0.6) is 0 Å². The number of carbonyl (C=O) groups excluding carboxylic acids is 1. The number of aldehydes is 1. The first kappa shape index (κ1) is 20.6. The van der Waals surface area contributed by atoms with Crippen LogP contribution in [-0.4, -0.2) is 31.5 Å². The average Bonchev–Trinajstić information content (AvgIpc) is 3.55. The predicted octanol–water partition coefficient (Wildman–Crippen LogP) is 3.43. The molecule has 4 aliphatic carbocycles. The van der Waals surface area contributed by atoms with E-state index in [4.69, 9.17) is 15.5 Å². The molecule has 1 spiro atoms. The van der Waals surface area contributed by atoms with E-state index < -0.39 is 5.54 Å². The van der Waals surface area contributed by atoms with Gasteiger partial charge in [0.15, 0.2) is 17.8 Å². The molecular formula is C26H33N3O2. The van der Waals surface area contributed by atoms with Crippen molar-refractivity contribution in [1.29, 1.82) is 0 Å². The fourth-order valence-corrected chi connectivity index (χ4v) is 5.68. The van der Waals surface area contributed by atoms with Crippen LogP contribution in [0.25, 0.3) is 0 Å². The molecule has 0 aromatic heterocycles. The van der Waals surface area contributed by atoms with Gasteiger partial charge in [-0.15, -0.1) is 0 Å². The molecule has 5 heteroatoms. The number of hydrogen-bond acceptors (Lipinski definition) is 3.